The van der Waals surface area contributed by atoms with Gasteiger partial charge in [0.05, 0.1) is 19.8 Å². The molecule has 0 bridgehead atoms. The smallest absolute Gasteiger partial charge is 0.261 e. The molecule has 4 aromatic carbocycles. The van der Waals surface area contributed by atoms with E-state index < -0.39 is 34.5 Å². The molecule has 6 N–H and O–H groups in total. The maximum absolute atomic E-state index is 14.4. The monoisotopic (exact) mass is 654 g/mol. The van der Waals surface area contributed by atoms with Crippen LogP contribution in [0.4, 0.5) is 0 Å². The first-order chi connectivity index (χ1) is 23.0. The highest BCUT2D eigenvalue weighted by molar-refractivity contribution is 6.31. The number of methoxy groups -OCH3 is 2. The van der Waals surface area contributed by atoms with Crippen molar-refractivity contribution in [2.45, 2.75) is 18.6 Å². The second kappa shape index (κ2) is 13.8. The Kier molecular flexibility index (Phi) is 9.57. The zero-order valence-corrected chi connectivity index (χ0v) is 26.1. The second-order valence-electron chi connectivity index (χ2n) is 11.1. The summed E-state index contributed by atoms with van der Waals surface area (Å²) < 4.78 is 10.4. The molecule has 2 amide bonds. The molecule has 4 aromatic rings. The van der Waals surface area contributed by atoms with Crippen LogP contribution < -0.4 is 14.8 Å². The first-order valence-electron chi connectivity index (χ1n) is 14.9. The SMILES string of the molecule is COc1cc(C(=O)C2=C(C(=O)NCCc3ccc(O)cc3)[C@@](O)(c3ccc(O)c(OC)c3)N(CCc3ccc(O)cc3)C2=O)ccc1O. The van der Waals surface area contributed by atoms with Gasteiger partial charge in [-0.25, -0.2) is 0 Å². The molecule has 48 heavy (non-hydrogen) atoms. The van der Waals surface area contributed by atoms with Crippen LogP contribution in [0.25, 0.3) is 0 Å². The lowest BCUT2D eigenvalue weighted by atomic mass is 9.89. The number of phenols is 4. The lowest BCUT2D eigenvalue weighted by Gasteiger charge is -2.36. The summed E-state index contributed by atoms with van der Waals surface area (Å²) >= 11 is 0. The van der Waals surface area contributed by atoms with Crippen molar-refractivity contribution >= 4 is 17.6 Å². The molecule has 0 saturated carbocycles. The van der Waals surface area contributed by atoms with E-state index in [-0.39, 0.29) is 65.1 Å². The Labute approximate surface area is 275 Å². The largest absolute Gasteiger partial charge is 0.508 e. The Bertz CT molecular complexity index is 1890. The summed E-state index contributed by atoms with van der Waals surface area (Å²) in [6.45, 7) is -0.137. The highest BCUT2D eigenvalue weighted by Gasteiger charge is 2.56. The third-order valence-electron chi connectivity index (χ3n) is 8.12. The second-order valence-corrected chi connectivity index (χ2v) is 11.1. The predicted octanol–water partition coefficient (Wildman–Crippen LogP) is 3.29. The van der Waals surface area contributed by atoms with E-state index in [1.54, 1.807) is 24.3 Å². The molecule has 0 radical (unpaired) electrons. The minimum absolute atomic E-state index is 0.0360. The van der Waals surface area contributed by atoms with Crippen LogP contribution in [0.5, 0.6) is 34.5 Å². The van der Waals surface area contributed by atoms with E-state index in [1.807, 2.05) is 0 Å². The van der Waals surface area contributed by atoms with E-state index in [0.717, 1.165) is 10.5 Å². The van der Waals surface area contributed by atoms with Crippen molar-refractivity contribution in [2.75, 3.05) is 27.3 Å². The number of ketones is 1. The van der Waals surface area contributed by atoms with Crippen LogP contribution in [0.1, 0.15) is 27.0 Å². The molecule has 1 atom stereocenters. The van der Waals surface area contributed by atoms with Crippen LogP contribution in [0.3, 0.4) is 0 Å². The summed E-state index contributed by atoms with van der Waals surface area (Å²) in [5, 5.41) is 55.2. The van der Waals surface area contributed by atoms with Gasteiger partial charge < -0.3 is 45.2 Å². The summed E-state index contributed by atoms with van der Waals surface area (Å²) in [5.74, 6) is -3.25. The number of amides is 2. The van der Waals surface area contributed by atoms with Crippen molar-refractivity contribution in [1.29, 1.82) is 0 Å². The maximum Gasteiger partial charge on any atom is 0.261 e. The third-order valence-corrected chi connectivity index (χ3v) is 8.12. The molecule has 1 aliphatic rings. The number of nitrogens with zero attached hydrogens (tertiary/aromatic N) is 1. The molecule has 0 saturated heterocycles. The molecule has 0 spiro atoms. The van der Waals surface area contributed by atoms with E-state index in [0.29, 0.717) is 12.0 Å². The van der Waals surface area contributed by atoms with E-state index in [2.05, 4.69) is 5.32 Å². The zero-order chi connectivity index (χ0) is 34.6. The van der Waals surface area contributed by atoms with Crippen molar-refractivity contribution in [2.24, 2.45) is 0 Å². The number of carbonyl (C=O) groups is 3. The van der Waals surface area contributed by atoms with Gasteiger partial charge in [-0.1, -0.05) is 24.3 Å². The van der Waals surface area contributed by atoms with Crippen LogP contribution in [-0.4, -0.2) is 75.3 Å². The number of benzene rings is 4. The number of Topliss-reactive ketones (excluding diaryl/α,β-unsaturated/α-hetero) is 1. The molecular formula is C36H34N2O10. The molecule has 0 aromatic heterocycles. The molecule has 1 aliphatic heterocycles. The van der Waals surface area contributed by atoms with Gasteiger partial charge in [-0.3, -0.25) is 14.4 Å². The highest BCUT2D eigenvalue weighted by Crippen LogP contribution is 2.45. The highest BCUT2D eigenvalue weighted by atomic mass is 16.5. The number of aromatic hydroxyl groups is 4. The molecule has 12 heteroatoms. The summed E-state index contributed by atoms with van der Waals surface area (Å²) in [6, 6.07) is 20.1. The first kappa shape index (κ1) is 33.4. The summed E-state index contributed by atoms with van der Waals surface area (Å²) in [6.07, 6.45) is 0.482. The first-order valence-corrected chi connectivity index (χ1v) is 14.9. The average molecular weight is 655 g/mol. The zero-order valence-electron chi connectivity index (χ0n) is 26.1. The molecule has 248 valence electrons. The number of carbonyl (C=O) groups excluding carboxylic acids is 3. The lowest BCUT2D eigenvalue weighted by molar-refractivity contribution is -0.146. The van der Waals surface area contributed by atoms with Crippen molar-refractivity contribution < 1.29 is 49.4 Å². The van der Waals surface area contributed by atoms with Gasteiger partial charge in [0, 0.05) is 24.2 Å². The van der Waals surface area contributed by atoms with E-state index in [9.17, 15) is 39.9 Å². The predicted molar refractivity (Wildman–Crippen MR) is 173 cm³/mol. The van der Waals surface area contributed by atoms with Gasteiger partial charge in [0.1, 0.15) is 17.1 Å². The third kappa shape index (κ3) is 6.46. The number of aliphatic hydroxyl groups is 1. The van der Waals surface area contributed by atoms with Crippen LogP contribution in [0.15, 0.2) is 96.1 Å². The van der Waals surface area contributed by atoms with E-state index in [1.165, 1.54) is 74.9 Å². The Morgan fingerprint density at radius 2 is 1.29 bits per heavy atom. The standard InChI is InChI=1S/C36H34N2O10/c1-47-29-19-23(7-13-27(29)41)33(43)31-32(34(44)37-17-15-21-3-9-25(39)10-4-21)36(46,24-8-14-28(42)30(20-24)48-2)38(35(31)45)18-16-22-5-11-26(40)12-6-22/h3-14,19-20,39-42,46H,15-18H2,1-2H3,(H,37,44)/t36-/m0/s1. The van der Waals surface area contributed by atoms with Crippen LogP contribution in [0.2, 0.25) is 0 Å². The van der Waals surface area contributed by atoms with Crippen LogP contribution >= 0.6 is 0 Å². The quantitative estimate of drug-likeness (QED) is 0.0978. The average Bonchev–Trinajstić information content (AvgIpc) is 3.31. The Morgan fingerprint density at radius 1 is 0.750 bits per heavy atom. The molecule has 1 heterocycles. The molecule has 0 unspecified atom stereocenters. The van der Waals surface area contributed by atoms with Crippen molar-refractivity contribution in [3.05, 3.63) is 118 Å². The van der Waals surface area contributed by atoms with Gasteiger partial charge in [-0.15, -0.1) is 0 Å². The fourth-order valence-corrected chi connectivity index (χ4v) is 5.58. The molecule has 0 aliphatic carbocycles. The minimum Gasteiger partial charge on any atom is -0.508 e. The summed E-state index contributed by atoms with van der Waals surface area (Å²) in [7, 11) is 2.59. The van der Waals surface area contributed by atoms with Crippen molar-refractivity contribution in [1.82, 2.24) is 10.2 Å². The molecular weight excluding hydrogens is 620 g/mol. The van der Waals surface area contributed by atoms with Gasteiger partial charge >= 0.3 is 0 Å². The molecule has 12 nitrogen and oxygen atoms in total. The summed E-state index contributed by atoms with van der Waals surface area (Å²) in [4.78, 5) is 43.7. The van der Waals surface area contributed by atoms with Crippen LogP contribution in [-0.2, 0) is 28.2 Å². The van der Waals surface area contributed by atoms with Crippen molar-refractivity contribution in [3.63, 3.8) is 0 Å². The topological polar surface area (TPSA) is 186 Å². The number of ether oxygens (including phenoxy) is 2. The Balaban J connectivity index is 1.64. The maximum atomic E-state index is 14.4. The number of hydrogen-bond acceptors (Lipinski definition) is 10. The fraction of sp³-hybridized carbons (Fsp3) is 0.194. The normalized spacial score (nSPS) is 15.8. The number of hydrogen-bond donors (Lipinski definition) is 6. The fourth-order valence-electron chi connectivity index (χ4n) is 5.58. The van der Waals surface area contributed by atoms with Gasteiger partial charge in [-0.05, 0) is 84.6 Å². The van der Waals surface area contributed by atoms with Gasteiger partial charge in [0.15, 0.2) is 34.5 Å². The summed E-state index contributed by atoms with van der Waals surface area (Å²) in [5.41, 5.74) is -2.33. The number of phenolic OH excluding ortho intramolecular Hbond substituents is 4. The van der Waals surface area contributed by atoms with Crippen molar-refractivity contribution in [3.8, 4) is 34.5 Å². The minimum atomic E-state index is -2.52. The molecule has 5 rings (SSSR count). The lowest BCUT2D eigenvalue weighted by Crippen LogP contribution is -2.49. The van der Waals surface area contributed by atoms with E-state index >= 15 is 0 Å². The Morgan fingerprint density at radius 3 is 1.88 bits per heavy atom. The number of rotatable bonds is 12. The number of nitrogens with one attached hydrogen (secondary N) is 1. The van der Waals surface area contributed by atoms with E-state index in [4.69, 9.17) is 9.47 Å². The van der Waals surface area contributed by atoms with Gasteiger partial charge in [0.25, 0.3) is 11.8 Å². The molecule has 0 fully saturated rings. The van der Waals surface area contributed by atoms with Gasteiger partial charge in [-0.2, -0.15) is 0 Å². The van der Waals surface area contributed by atoms with Crippen LogP contribution in [0, 0.1) is 0 Å². The Hall–Kier alpha value is -6.01. The van der Waals surface area contributed by atoms with Gasteiger partial charge in [0.2, 0.25) is 0 Å².